The molecule has 0 atom stereocenters. The van der Waals surface area contributed by atoms with E-state index in [1.54, 1.807) is 0 Å². The first-order valence-electron chi connectivity index (χ1n) is 4.72. The van der Waals surface area contributed by atoms with Crippen molar-refractivity contribution >= 4 is 17.2 Å². The maximum Gasteiger partial charge on any atom is 0.0219 e. The minimum absolute atomic E-state index is 1.06. The van der Waals surface area contributed by atoms with Crippen molar-refractivity contribution in [1.29, 1.82) is 0 Å². The molecule has 0 amide bonds. The van der Waals surface area contributed by atoms with Crippen LogP contribution in [0.25, 0.3) is 5.57 Å². The van der Waals surface area contributed by atoms with Crippen LogP contribution in [0.1, 0.15) is 30.4 Å². The van der Waals surface area contributed by atoms with Gasteiger partial charge in [0.15, 0.2) is 0 Å². The first-order valence-corrected chi connectivity index (χ1v) is 5.10. The van der Waals surface area contributed by atoms with E-state index in [0.717, 1.165) is 17.9 Å². The van der Waals surface area contributed by atoms with E-state index in [-0.39, 0.29) is 0 Å². The Hall–Kier alpha value is -0.750. The van der Waals surface area contributed by atoms with Crippen molar-refractivity contribution in [2.24, 2.45) is 0 Å². The molecule has 13 heavy (non-hydrogen) atoms. The van der Waals surface area contributed by atoms with Gasteiger partial charge in [-0.25, -0.2) is 0 Å². The van der Waals surface area contributed by atoms with E-state index in [9.17, 15) is 0 Å². The number of allylic oxidation sites excluding steroid dienone is 2. The third-order valence-electron chi connectivity index (χ3n) is 2.55. The van der Waals surface area contributed by atoms with Gasteiger partial charge in [0.05, 0.1) is 0 Å². The number of aryl methyl sites for hydroxylation is 1. The molecule has 0 N–H and O–H groups in total. The minimum Gasteiger partial charge on any atom is -0.0888 e. The molecule has 0 fully saturated rings. The van der Waals surface area contributed by atoms with Gasteiger partial charge in [0.25, 0.3) is 0 Å². The quantitative estimate of drug-likeness (QED) is 0.628. The van der Waals surface area contributed by atoms with Gasteiger partial charge in [-0.3, -0.25) is 0 Å². The van der Waals surface area contributed by atoms with E-state index in [4.69, 9.17) is 11.6 Å². The Morgan fingerprint density at radius 2 is 1.77 bits per heavy atom. The first kappa shape index (κ1) is 8.83. The smallest absolute Gasteiger partial charge is 0.0219 e. The Bertz CT molecular complexity index is 333. The molecular weight excluding hydrogens is 180 g/mol. The molecule has 0 radical (unpaired) electrons. The first-order chi connectivity index (χ1) is 6.27. The summed E-state index contributed by atoms with van der Waals surface area (Å²) in [4.78, 5) is 0. The van der Waals surface area contributed by atoms with E-state index < -0.39 is 0 Å². The largest absolute Gasteiger partial charge is 0.0888 e. The zero-order valence-electron chi connectivity index (χ0n) is 7.81. The van der Waals surface area contributed by atoms with Crippen LogP contribution in [0.4, 0.5) is 0 Å². The summed E-state index contributed by atoms with van der Waals surface area (Å²) >= 11 is 6.13. The van der Waals surface area contributed by atoms with Gasteiger partial charge in [-0.05, 0) is 37.3 Å². The van der Waals surface area contributed by atoms with Crippen LogP contribution in [0.2, 0.25) is 0 Å². The van der Waals surface area contributed by atoms with Crippen molar-refractivity contribution in [3.63, 3.8) is 0 Å². The SMILES string of the molecule is Cc1ccc(C2=C(Cl)CCC2)cc1. The molecule has 0 aromatic heterocycles. The van der Waals surface area contributed by atoms with Gasteiger partial charge in [0, 0.05) is 5.03 Å². The maximum absolute atomic E-state index is 6.13. The standard InChI is InChI=1S/C12H13Cl/c1-9-5-7-10(8-6-9)11-3-2-4-12(11)13/h5-8H,2-4H2,1H3. The summed E-state index contributed by atoms with van der Waals surface area (Å²) in [5.74, 6) is 0. The summed E-state index contributed by atoms with van der Waals surface area (Å²) in [5.41, 5.74) is 3.95. The highest BCUT2D eigenvalue weighted by Crippen LogP contribution is 2.35. The molecule has 0 nitrogen and oxygen atoms in total. The van der Waals surface area contributed by atoms with Gasteiger partial charge in [-0.15, -0.1) is 0 Å². The Balaban J connectivity index is 2.36. The second kappa shape index (κ2) is 3.55. The number of rotatable bonds is 1. The Kier molecular flexibility index (Phi) is 2.41. The normalized spacial score (nSPS) is 16.8. The number of halogens is 1. The lowest BCUT2D eigenvalue weighted by molar-refractivity contribution is 0.929. The third-order valence-corrected chi connectivity index (χ3v) is 2.97. The molecule has 0 unspecified atom stereocenters. The maximum atomic E-state index is 6.13. The summed E-state index contributed by atoms with van der Waals surface area (Å²) in [5, 5.41) is 1.06. The van der Waals surface area contributed by atoms with Crippen LogP contribution >= 0.6 is 11.6 Å². The highest BCUT2D eigenvalue weighted by Gasteiger charge is 2.13. The van der Waals surface area contributed by atoms with Gasteiger partial charge in [0.2, 0.25) is 0 Å². The number of hydrogen-bond donors (Lipinski definition) is 0. The molecule has 68 valence electrons. The number of benzene rings is 1. The Morgan fingerprint density at radius 3 is 2.31 bits per heavy atom. The lowest BCUT2D eigenvalue weighted by atomic mass is 10.0. The molecule has 0 saturated heterocycles. The van der Waals surface area contributed by atoms with Gasteiger partial charge in [-0.1, -0.05) is 41.4 Å². The predicted molar refractivity (Wildman–Crippen MR) is 57.8 cm³/mol. The summed E-state index contributed by atoms with van der Waals surface area (Å²) in [7, 11) is 0. The highest BCUT2D eigenvalue weighted by atomic mass is 35.5. The minimum atomic E-state index is 1.06. The summed E-state index contributed by atoms with van der Waals surface area (Å²) in [6.45, 7) is 2.11. The van der Waals surface area contributed by atoms with Crippen LogP contribution in [0.5, 0.6) is 0 Å². The molecular formula is C12H13Cl. The molecule has 1 heteroatoms. The molecule has 1 aliphatic carbocycles. The fourth-order valence-electron chi connectivity index (χ4n) is 1.76. The van der Waals surface area contributed by atoms with E-state index in [0.29, 0.717) is 0 Å². The molecule has 1 aliphatic rings. The average molecular weight is 193 g/mol. The van der Waals surface area contributed by atoms with Crippen LogP contribution < -0.4 is 0 Å². The van der Waals surface area contributed by atoms with Crippen LogP contribution in [-0.4, -0.2) is 0 Å². The molecule has 0 heterocycles. The zero-order valence-corrected chi connectivity index (χ0v) is 8.56. The second-order valence-corrected chi connectivity index (χ2v) is 4.06. The Labute approximate surface area is 84.2 Å². The molecule has 0 saturated carbocycles. The van der Waals surface area contributed by atoms with E-state index in [1.165, 1.54) is 23.1 Å². The van der Waals surface area contributed by atoms with Gasteiger partial charge < -0.3 is 0 Å². The third kappa shape index (κ3) is 1.78. The van der Waals surface area contributed by atoms with Gasteiger partial charge in [0.1, 0.15) is 0 Å². The lowest BCUT2D eigenvalue weighted by Crippen LogP contribution is -1.81. The fraction of sp³-hybridized carbons (Fsp3) is 0.333. The average Bonchev–Trinajstić information content (AvgIpc) is 2.53. The number of hydrogen-bond acceptors (Lipinski definition) is 0. The summed E-state index contributed by atoms with van der Waals surface area (Å²) < 4.78 is 0. The molecule has 0 bridgehead atoms. The van der Waals surface area contributed by atoms with E-state index >= 15 is 0 Å². The van der Waals surface area contributed by atoms with Crippen LogP contribution in [0, 0.1) is 6.92 Å². The predicted octanol–water partition coefficient (Wildman–Crippen LogP) is 4.13. The van der Waals surface area contributed by atoms with Crippen LogP contribution in [0.15, 0.2) is 29.3 Å². The topological polar surface area (TPSA) is 0 Å². The molecule has 1 aromatic rings. The van der Waals surface area contributed by atoms with Crippen LogP contribution in [0.3, 0.4) is 0 Å². The fourth-order valence-corrected chi connectivity index (χ4v) is 2.10. The molecule has 0 aliphatic heterocycles. The van der Waals surface area contributed by atoms with Crippen LogP contribution in [-0.2, 0) is 0 Å². The molecule has 1 aromatic carbocycles. The second-order valence-electron chi connectivity index (χ2n) is 3.60. The monoisotopic (exact) mass is 192 g/mol. The molecule has 2 rings (SSSR count). The van der Waals surface area contributed by atoms with Crippen molar-refractivity contribution < 1.29 is 0 Å². The van der Waals surface area contributed by atoms with Crippen molar-refractivity contribution in [1.82, 2.24) is 0 Å². The van der Waals surface area contributed by atoms with Crippen molar-refractivity contribution in [2.45, 2.75) is 26.2 Å². The summed E-state index contributed by atoms with van der Waals surface area (Å²) in [6.07, 6.45) is 3.41. The molecule has 0 spiro atoms. The van der Waals surface area contributed by atoms with Gasteiger partial charge in [-0.2, -0.15) is 0 Å². The van der Waals surface area contributed by atoms with Crippen molar-refractivity contribution in [3.8, 4) is 0 Å². The van der Waals surface area contributed by atoms with Gasteiger partial charge >= 0.3 is 0 Å². The lowest BCUT2D eigenvalue weighted by Gasteiger charge is -2.03. The van der Waals surface area contributed by atoms with E-state index in [1.807, 2.05) is 0 Å². The van der Waals surface area contributed by atoms with Crippen molar-refractivity contribution in [3.05, 3.63) is 40.4 Å². The van der Waals surface area contributed by atoms with Crippen molar-refractivity contribution in [2.75, 3.05) is 0 Å². The zero-order chi connectivity index (χ0) is 9.26. The Morgan fingerprint density at radius 1 is 1.08 bits per heavy atom. The highest BCUT2D eigenvalue weighted by molar-refractivity contribution is 6.33. The van der Waals surface area contributed by atoms with E-state index in [2.05, 4.69) is 31.2 Å². The summed E-state index contributed by atoms with van der Waals surface area (Å²) in [6, 6.07) is 8.62.